The zero-order valence-electron chi connectivity index (χ0n) is 13.8. The van der Waals surface area contributed by atoms with Gasteiger partial charge in [0.25, 0.3) is 0 Å². The highest BCUT2D eigenvalue weighted by Gasteiger charge is 2.56. The average Bonchev–Trinajstić information content (AvgIpc) is 2.64. The van der Waals surface area contributed by atoms with Crippen LogP contribution in [0.3, 0.4) is 0 Å². The molecule has 2 aromatic carbocycles. The molecule has 2 aromatic rings. The molecule has 5 heteroatoms. The molecule has 1 N–H and O–H groups in total. The van der Waals surface area contributed by atoms with Gasteiger partial charge in [0, 0.05) is 6.54 Å². The molecule has 1 atom stereocenters. The number of carbonyl (C=O) groups excluding carboxylic acids is 1. The summed E-state index contributed by atoms with van der Waals surface area (Å²) in [6.45, 7) is 2.12. The number of carbonyl (C=O) groups is 1. The van der Waals surface area contributed by atoms with E-state index in [1.165, 1.54) is 12.1 Å². The molecule has 2 saturated heterocycles. The molecule has 0 bridgehead atoms. The number of rotatable bonds is 3. The summed E-state index contributed by atoms with van der Waals surface area (Å²) >= 11 is 0. The summed E-state index contributed by atoms with van der Waals surface area (Å²) in [5.41, 5.74) is 1.58. The van der Waals surface area contributed by atoms with Crippen LogP contribution in [0.4, 0.5) is 8.78 Å². The van der Waals surface area contributed by atoms with E-state index in [0.717, 1.165) is 37.1 Å². The van der Waals surface area contributed by atoms with Crippen molar-refractivity contribution in [2.75, 3.05) is 13.1 Å². The second kappa shape index (κ2) is 6.23. The van der Waals surface area contributed by atoms with E-state index in [2.05, 4.69) is 22.3 Å². The minimum absolute atomic E-state index is 0.0756. The molecular formula is C20H20F2N2O. The Morgan fingerprint density at radius 1 is 1.04 bits per heavy atom. The van der Waals surface area contributed by atoms with E-state index in [1.54, 1.807) is 6.07 Å². The Morgan fingerprint density at radius 2 is 1.76 bits per heavy atom. The van der Waals surface area contributed by atoms with Gasteiger partial charge in [-0.05, 0) is 49.2 Å². The van der Waals surface area contributed by atoms with Crippen LogP contribution < -0.4 is 5.32 Å². The Labute approximate surface area is 145 Å². The molecule has 130 valence electrons. The van der Waals surface area contributed by atoms with Gasteiger partial charge in [0.2, 0.25) is 5.91 Å². The summed E-state index contributed by atoms with van der Waals surface area (Å²) in [7, 11) is 0. The Morgan fingerprint density at radius 3 is 2.40 bits per heavy atom. The highest BCUT2D eigenvalue weighted by atomic mass is 19.2. The van der Waals surface area contributed by atoms with Crippen LogP contribution in [0.25, 0.3) is 0 Å². The number of piperidine rings is 1. The minimum Gasteiger partial charge on any atom is -0.348 e. The molecule has 0 aliphatic carbocycles. The van der Waals surface area contributed by atoms with Gasteiger partial charge in [0.15, 0.2) is 11.6 Å². The van der Waals surface area contributed by atoms with Gasteiger partial charge in [0.05, 0.1) is 11.5 Å². The fourth-order valence-corrected chi connectivity index (χ4v) is 4.04. The quantitative estimate of drug-likeness (QED) is 0.867. The number of likely N-dealkylation sites (tertiary alicyclic amines) is 1. The normalized spacial score (nSPS) is 22.5. The average molecular weight is 342 g/mol. The SMILES string of the molecule is O=C1NC(c2ccccc2)C12CCN(Cc1ccc(F)c(F)c1)CC2. The summed E-state index contributed by atoms with van der Waals surface area (Å²) in [6.07, 6.45) is 1.56. The summed E-state index contributed by atoms with van der Waals surface area (Å²) in [4.78, 5) is 14.5. The highest BCUT2D eigenvalue weighted by Crippen LogP contribution is 2.49. The molecule has 1 amide bonds. The van der Waals surface area contributed by atoms with Crippen molar-refractivity contribution in [2.45, 2.75) is 25.4 Å². The van der Waals surface area contributed by atoms with Crippen LogP contribution in [0.1, 0.15) is 30.0 Å². The van der Waals surface area contributed by atoms with E-state index in [9.17, 15) is 13.6 Å². The number of nitrogens with zero attached hydrogens (tertiary/aromatic N) is 1. The van der Waals surface area contributed by atoms with Gasteiger partial charge < -0.3 is 5.32 Å². The molecule has 2 aliphatic heterocycles. The largest absolute Gasteiger partial charge is 0.348 e. The molecule has 4 rings (SSSR count). The van der Waals surface area contributed by atoms with Crippen LogP contribution in [-0.4, -0.2) is 23.9 Å². The van der Waals surface area contributed by atoms with Crippen LogP contribution in [0.2, 0.25) is 0 Å². The number of hydrogen-bond acceptors (Lipinski definition) is 2. The number of amides is 1. The number of hydrogen-bond donors (Lipinski definition) is 1. The Bertz CT molecular complexity index is 786. The van der Waals surface area contributed by atoms with E-state index >= 15 is 0 Å². The first-order valence-electron chi connectivity index (χ1n) is 8.61. The van der Waals surface area contributed by atoms with E-state index < -0.39 is 11.6 Å². The lowest BCUT2D eigenvalue weighted by molar-refractivity contribution is -0.151. The van der Waals surface area contributed by atoms with Crippen molar-refractivity contribution in [3.8, 4) is 0 Å². The molecule has 25 heavy (non-hydrogen) atoms. The zero-order valence-corrected chi connectivity index (χ0v) is 13.8. The van der Waals surface area contributed by atoms with Crippen molar-refractivity contribution in [3.05, 3.63) is 71.3 Å². The third-order valence-corrected chi connectivity index (χ3v) is 5.55. The maximum Gasteiger partial charge on any atom is 0.229 e. The van der Waals surface area contributed by atoms with Crippen LogP contribution in [0.15, 0.2) is 48.5 Å². The predicted octanol–water partition coefficient (Wildman–Crippen LogP) is 3.42. The van der Waals surface area contributed by atoms with Gasteiger partial charge in [-0.25, -0.2) is 8.78 Å². The Hall–Kier alpha value is -2.27. The lowest BCUT2D eigenvalue weighted by atomic mass is 9.64. The molecule has 2 fully saturated rings. The number of benzene rings is 2. The lowest BCUT2D eigenvalue weighted by Gasteiger charge is -2.53. The fourth-order valence-electron chi connectivity index (χ4n) is 4.04. The minimum atomic E-state index is -0.821. The standard InChI is InChI=1S/C20H20F2N2O/c21-16-7-6-14(12-17(16)22)13-24-10-8-20(9-11-24)18(23-19(20)25)15-4-2-1-3-5-15/h1-7,12,18H,8-11,13H2,(H,23,25). The van der Waals surface area contributed by atoms with E-state index in [0.29, 0.717) is 6.54 Å². The van der Waals surface area contributed by atoms with Crippen molar-refractivity contribution in [1.82, 2.24) is 10.2 Å². The van der Waals surface area contributed by atoms with E-state index in [4.69, 9.17) is 0 Å². The molecule has 0 saturated carbocycles. The van der Waals surface area contributed by atoms with Crippen molar-refractivity contribution < 1.29 is 13.6 Å². The maximum atomic E-state index is 13.4. The number of halogens is 2. The van der Waals surface area contributed by atoms with Gasteiger partial charge in [-0.15, -0.1) is 0 Å². The molecule has 2 aliphatic rings. The summed E-state index contributed by atoms with van der Waals surface area (Å²) < 4.78 is 26.4. The smallest absolute Gasteiger partial charge is 0.229 e. The van der Waals surface area contributed by atoms with Crippen LogP contribution >= 0.6 is 0 Å². The molecule has 1 unspecified atom stereocenters. The van der Waals surface area contributed by atoms with Gasteiger partial charge >= 0.3 is 0 Å². The van der Waals surface area contributed by atoms with Crippen LogP contribution in [0.5, 0.6) is 0 Å². The van der Waals surface area contributed by atoms with Gasteiger partial charge in [-0.2, -0.15) is 0 Å². The summed E-state index contributed by atoms with van der Waals surface area (Å²) in [6, 6.07) is 14.2. The molecule has 0 aromatic heterocycles. The summed E-state index contributed by atoms with van der Waals surface area (Å²) in [5, 5.41) is 3.05. The highest BCUT2D eigenvalue weighted by molar-refractivity contribution is 5.90. The number of β-lactam (4-membered cyclic amide) rings is 1. The maximum absolute atomic E-state index is 13.4. The summed E-state index contributed by atoms with van der Waals surface area (Å²) in [5.74, 6) is -1.50. The Kier molecular flexibility index (Phi) is 4.04. The molecular weight excluding hydrogens is 322 g/mol. The van der Waals surface area contributed by atoms with Crippen molar-refractivity contribution >= 4 is 5.91 Å². The zero-order chi connectivity index (χ0) is 17.4. The van der Waals surface area contributed by atoms with Crippen LogP contribution in [0, 0.1) is 17.0 Å². The first kappa shape index (κ1) is 16.2. The second-order valence-electron chi connectivity index (χ2n) is 7.00. The Balaban J connectivity index is 1.43. The molecule has 0 radical (unpaired) electrons. The lowest BCUT2D eigenvalue weighted by Crippen LogP contribution is -2.64. The third kappa shape index (κ3) is 2.82. The third-order valence-electron chi connectivity index (χ3n) is 5.55. The predicted molar refractivity (Wildman–Crippen MR) is 90.6 cm³/mol. The fraction of sp³-hybridized carbons (Fsp3) is 0.350. The van der Waals surface area contributed by atoms with Crippen molar-refractivity contribution in [2.24, 2.45) is 5.41 Å². The first-order valence-corrected chi connectivity index (χ1v) is 8.61. The second-order valence-corrected chi connectivity index (χ2v) is 7.00. The molecule has 2 heterocycles. The number of nitrogens with one attached hydrogen (secondary N) is 1. The van der Waals surface area contributed by atoms with Crippen LogP contribution in [-0.2, 0) is 11.3 Å². The van der Waals surface area contributed by atoms with Gasteiger partial charge in [-0.3, -0.25) is 9.69 Å². The molecule has 3 nitrogen and oxygen atoms in total. The van der Waals surface area contributed by atoms with Crippen molar-refractivity contribution in [3.63, 3.8) is 0 Å². The van der Waals surface area contributed by atoms with Crippen molar-refractivity contribution in [1.29, 1.82) is 0 Å². The first-order chi connectivity index (χ1) is 12.1. The van der Waals surface area contributed by atoms with E-state index in [-0.39, 0.29) is 17.4 Å². The molecule has 1 spiro atoms. The van der Waals surface area contributed by atoms with Gasteiger partial charge in [0.1, 0.15) is 0 Å². The van der Waals surface area contributed by atoms with E-state index in [1.807, 2.05) is 18.2 Å². The topological polar surface area (TPSA) is 32.3 Å². The van der Waals surface area contributed by atoms with Gasteiger partial charge in [-0.1, -0.05) is 36.4 Å². The monoisotopic (exact) mass is 342 g/mol.